The van der Waals surface area contributed by atoms with Gasteiger partial charge < -0.3 is 16.4 Å². The van der Waals surface area contributed by atoms with E-state index in [1.807, 2.05) is 25.1 Å². The molecule has 1 amide bonds. The van der Waals surface area contributed by atoms with E-state index in [9.17, 15) is 4.79 Å². The lowest BCUT2D eigenvalue weighted by Gasteiger charge is -2.10. The Morgan fingerprint density at radius 1 is 1.50 bits per heavy atom. The predicted octanol–water partition coefficient (Wildman–Crippen LogP) is 1.27. The van der Waals surface area contributed by atoms with Crippen LogP contribution >= 0.6 is 0 Å². The molecular weight excluding hydrogens is 202 g/mol. The van der Waals surface area contributed by atoms with E-state index >= 15 is 0 Å². The molecule has 1 aliphatic carbocycles. The van der Waals surface area contributed by atoms with Gasteiger partial charge in [-0.25, -0.2) is 0 Å². The van der Waals surface area contributed by atoms with E-state index in [1.54, 1.807) is 0 Å². The summed E-state index contributed by atoms with van der Waals surface area (Å²) in [7, 11) is 0. The minimum absolute atomic E-state index is 0.0544. The Bertz CT molecular complexity index is 399. The van der Waals surface area contributed by atoms with Crippen LogP contribution in [0.5, 0.6) is 0 Å². The number of carbonyl (C=O) groups excluding carboxylic acids is 1. The van der Waals surface area contributed by atoms with E-state index in [0.29, 0.717) is 12.6 Å². The second-order valence-corrected chi connectivity index (χ2v) is 4.27. The van der Waals surface area contributed by atoms with E-state index in [-0.39, 0.29) is 5.91 Å². The second-order valence-electron chi connectivity index (χ2n) is 4.27. The van der Waals surface area contributed by atoms with Crippen LogP contribution in [0.25, 0.3) is 0 Å². The summed E-state index contributed by atoms with van der Waals surface area (Å²) in [6.07, 6.45) is 2.24. The molecule has 0 heterocycles. The lowest BCUT2D eigenvalue weighted by Crippen LogP contribution is -2.31. The number of nitrogens with two attached hydrogens (primary N) is 1. The van der Waals surface area contributed by atoms with Gasteiger partial charge in [-0.05, 0) is 43.5 Å². The molecule has 1 aliphatic rings. The van der Waals surface area contributed by atoms with Gasteiger partial charge in [0, 0.05) is 17.4 Å². The van der Waals surface area contributed by atoms with Crippen molar-refractivity contribution in [1.82, 2.24) is 5.32 Å². The molecule has 1 saturated carbocycles. The largest absolute Gasteiger partial charge is 0.399 e. The van der Waals surface area contributed by atoms with Gasteiger partial charge in [0.05, 0.1) is 6.54 Å². The maximum absolute atomic E-state index is 11.4. The Labute approximate surface area is 95.2 Å². The van der Waals surface area contributed by atoms with Crippen LogP contribution in [-0.4, -0.2) is 18.5 Å². The highest BCUT2D eigenvalue weighted by molar-refractivity contribution is 5.81. The van der Waals surface area contributed by atoms with Gasteiger partial charge in [-0.15, -0.1) is 0 Å². The lowest BCUT2D eigenvalue weighted by molar-refractivity contribution is -0.119. The summed E-state index contributed by atoms with van der Waals surface area (Å²) in [6.45, 7) is 2.29. The molecule has 4 N–H and O–H groups in total. The molecule has 0 radical (unpaired) electrons. The standard InChI is InChI=1S/C12H17N3O/c1-8-6-9(13)2-5-11(8)14-7-12(16)15-10-3-4-10/h2,5-6,10,14H,3-4,7,13H2,1H3,(H,15,16). The van der Waals surface area contributed by atoms with Crippen molar-refractivity contribution in [2.75, 3.05) is 17.6 Å². The fraction of sp³-hybridized carbons (Fsp3) is 0.417. The van der Waals surface area contributed by atoms with E-state index in [2.05, 4.69) is 10.6 Å². The van der Waals surface area contributed by atoms with Crippen molar-refractivity contribution in [3.05, 3.63) is 23.8 Å². The van der Waals surface area contributed by atoms with E-state index in [4.69, 9.17) is 5.73 Å². The van der Waals surface area contributed by atoms with Gasteiger partial charge in [0.15, 0.2) is 0 Å². The average molecular weight is 219 g/mol. The summed E-state index contributed by atoms with van der Waals surface area (Å²) in [4.78, 5) is 11.4. The minimum Gasteiger partial charge on any atom is -0.399 e. The van der Waals surface area contributed by atoms with Gasteiger partial charge in [-0.3, -0.25) is 4.79 Å². The SMILES string of the molecule is Cc1cc(N)ccc1NCC(=O)NC1CC1. The number of hydrogen-bond acceptors (Lipinski definition) is 3. The van der Waals surface area contributed by atoms with E-state index in [0.717, 1.165) is 29.8 Å². The number of benzene rings is 1. The maximum Gasteiger partial charge on any atom is 0.239 e. The van der Waals surface area contributed by atoms with Crippen molar-refractivity contribution in [2.45, 2.75) is 25.8 Å². The highest BCUT2D eigenvalue weighted by Crippen LogP contribution is 2.19. The Kier molecular flexibility index (Phi) is 2.99. The van der Waals surface area contributed by atoms with Crippen molar-refractivity contribution in [2.24, 2.45) is 0 Å². The topological polar surface area (TPSA) is 67.1 Å². The first-order chi connectivity index (χ1) is 7.65. The Morgan fingerprint density at radius 3 is 2.88 bits per heavy atom. The molecule has 0 atom stereocenters. The monoisotopic (exact) mass is 219 g/mol. The molecule has 0 unspecified atom stereocenters. The fourth-order valence-electron chi connectivity index (χ4n) is 1.57. The van der Waals surface area contributed by atoms with Crippen LogP contribution in [0.3, 0.4) is 0 Å². The maximum atomic E-state index is 11.4. The third-order valence-corrected chi connectivity index (χ3v) is 2.63. The van der Waals surface area contributed by atoms with Gasteiger partial charge in [0.2, 0.25) is 5.91 Å². The van der Waals surface area contributed by atoms with Crippen LogP contribution in [0.4, 0.5) is 11.4 Å². The third kappa shape index (κ3) is 2.89. The van der Waals surface area contributed by atoms with E-state index < -0.39 is 0 Å². The van der Waals surface area contributed by atoms with Crippen molar-refractivity contribution >= 4 is 17.3 Å². The summed E-state index contributed by atoms with van der Waals surface area (Å²) in [5, 5.41) is 6.03. The van der Waals surface area contributed by atoms with Crippen molar-refractivity contribution in [3.63, 3.8) is 0 Å². The number of hydrogen-bond donors (Lipinski definition) is 3. The number of nitrogens with one attached hydrogen (secondary N) is 2. The molecule has 1 fully saturated rings. The molecule has 2 rings (SSSR count). The summed E-state index contributed by atoms with van der Waals surface area (Å²) in [5.74, 6) is 0.0544. The summed E-state index contributed by atoms with van der Waals surface area (Å²) in [5.41, 5.74) is 8.41. The van der Waals surface area contributed by atoms with Crippen molar-refractivity contribution in [3.8, 4) is 0 Å². The first kappa shape index (κ1) is 10.8. The van der Waals surface area contributed by atoms with Crippen LogP contribution in [-0.2, 0) is 4.79 Å². The number of amides is 1. The number of aryl methyl sites for hydroxylation is 1. The van der Waals surface area contributed by atoms with Crippen molar-refractivity contribution < 1.29 is 4.79 Å². The number of carbonyl (C=O) groups is 1. The fourth-order valence-corrected chi connectivity index (χ4v) is 1.57. The normalized spacial score (nSPS) is 14.6. The van der Waals surface area contributed by atoms with Crippen LogP contribution in [0, 0.1) is 6.92 Å². The first-order valence-electron chi connectivity index (χ1n) is 5.54. The summed E-state index contributed by atoms with van der Waals surface area (Å²) in [6, 6.07) is 6.03. The van der Waals surface area contributed by atoms with E-state index in [1.165, 1.54) is 0 Å². The predicted molar refractivity (Wildman–Crippen MR) is 65.2 cm³/mol. The van der Waals surface area contributed by atoms with Gasteiger partial charge in [0.1, 0.15) is 0 Å². The molecule has 16 heavy (non-hydrogen) atoms. The first-order valence-corrected chi connectivity index (χ1v) is 5.54. The Hall–Kier alpha value is -1.71. The van der Waals surface area contributed by atoms with Crippen LogP contribution < -0.4 is 16.4 Å². The van der Waals surface area contributed by atoms with Crippen LogP contribution in [0.15, 0.2) is 18.2 Å². The number of rotatable bonds is 4. The van der Waals surface area contributed by atoms with Gasteiger partial charge >= 0.3 is 0 Å². The summed E-state index contributed by atoms with van der Waals surface area (Å²) < 4.78 is 0. The third-order valence-electron chi connectivity index (χ3n) is 2.63. The van der Waals surface area contributed by atoms with Crippen LogP contribution in [0.2, 0.25) is 0 Å². The Morgan fingerprint density at radius 2 is 2.25 bits per heavy atom. The minimum atomic E-state index is 0.0544. The molecule has 4 nitrogen and oxygen atoms in total. The van der Waals surface area contributed by atoms with Crippen molar-refractivity contribution in [1.29, 1.82) is 0 Å². The molecule has 1 aromatic carbocycles. The molecule has 0 bridgehead atoms. The lowest BCUT2D eigenvalue weighted by atomic mass is 10.2. The van der Waals surface area contributed by atoms with Gasteiger partial charge in [-0.1, -0.05) is 0 Å². The number of nitrogen functional groups attached to an aromatic ring is 1. The zero-order chi connectivity index (χ0) is 11.5. The molecule has 0 aliphatic heterocycles. The molecular formula is C12H17N3O. The highest BCUT2D eigenvalue weighted by atomic mass is 16.2. The van der Waals surface area contributed by atoms with Gasteiger partial charge in [-0.2, -0.15) is 0 Å². The Balaban J connectivity index is 1.85. The molecule has 1 aromatic rings. The second kappa shape index (κ2) is 4.43. The quantitative estimate of drug-likeness (QED) is 0.668. The molecule has 4 heteroatoms. The van der Waals surface area contributed by atoms with Gasteiger partial charge in [0.25, 0.3) is 0 Å². The molecule has 86 valence electrons. The smallest absolute Gasteiger partial charge is 0.239 e. The van der Waals surface area contributed by atoms with Crippen LogP contribution in [0.1, 0.15) is 18.4 Å². The summed E-state index contributed by atoms with van der Waals surface area (Å²) >= 11 is 0. The highest BCUT2D eigenvalue weighted by Gasteiger charge is 2.22. The zero-order valence-corrected chi connectivity index (χ0v) is 9.42. The molecule has 0 saturated heterocycles. The number of anilines is 2. The molecule has 0 spiro atoms. The average Bonchev–Trinajstić information content (AvgIpc) is 3.00. The molecule has 0 aromatic heterocycles. The zero-order valence-electron chi connectivity index (χ0n) is 9.42.